The topological polar surface area (TPSA) is 9.23 Å². The molecule has 0 aliphatic carbocycles. The van der Waals surface area contributed by atoms with Crippen molar-refractivity contribution in [2.75, 3.05) is 6.61 Å². The molecule has 0 heterocycles. The molecule has 0 N–H and O–H groups in total. The maximum Gasteiger partial charge on any atom is 0.0999 e. The molecule has 0 radical (unpaired) electrons. The van der Waals surface area contributed by atoms with Crippen LogP contribution in [-0.4, -0.2) is 6.61 Å². The smallest absolute Gasteiger partial charge is 0.0999 e. The lowest BCUT2D eigenvalue weighted by Crippen LogP contribution is -2.28. The van der Waals surface area contributed by atoms with Crippen LogP contribution in [0.25, 0.3) is 0 Å². The minimum Gasteiger partial charge on any atom is -0.370 e. The van der Waals surface area contributed by atoms with Crippen molar-refractivity contribution in [1.82, 2.24) is 0 Å². The summed E-state index contributed by atoms with van der Waals surface area (Å²) in [7, 11) is 0. The normalized spacial score (nSPS) is 11.1. The summed E-state index contributed by atoms with van der Waals surface area (Å²) >= 11 is 0. The Morgan fingerprint density at radius 1 is 1.12 bits per heavy atom. The highest BCUT2D eigenvalue weighted by Gasteiger charge is 2.29. The Labute approximate surface area is 98.5 Å². The highest BCUT2D eigenvalue weighted by molar-refractivity contribution is 5.24. The van der Waals surface area contributed by atoms with Gasteiger partial charge in [-0.1, -0.05) is 42.5 Å². The van der Waals surface area contributed by atoms with Crippen LogP contribution in [-0.2, 0) is 10.3 Å². The summed E-state index contributed by atoms with van der Waals surface area (Å²) < 4.78 is 5.95. The summed E-state index contributed by atoms with van der Waals surface area (Å²) in [5, 5.41) is 0. The minimum atomic E-state index is -0.292. The Kier molecular flexibility index (Phi) is 5.00. The van der Waals surface area contributed by atoms with Gasteiger partial charge in [-0.05, 0) is 25.3 Å². The van der Waals surface area contributed by atoms with Gasteiger partial charge in [-0.15, -0.1) is 13.2 Å². The zero-order chi connectivity index (χ0) is 11.9. The fourth-order valence-electron chi connectivity index (χ4n) is 2.00. The molecule has 0 unspecified atom stereocenters. The van der Waals surface area contributed by atoms with Gasteiger partial charge in [-0.2, -0.15) is 0 Å². The van der Waals surface area contributed by atoms with Crippen LogP contribution >= 0.6 is 0 Å². The largest absolute Gasteiger partial charge is 0.370 e. The summed E-state index contributed by atoms with van der Waals surface area (Å²) in [6.07, 6.45) is 5.42. The van der Waals surface area contributed by atoms with Crippen molar-refractivity contribution >= 4 is 0 Å². The fraction of sp³-hybridized carbons (Fsp3) is 0.333. The van der Waals surface area contributed by atoms with Crippen LogP contribution in [0.3, 0.4) is 0 Å². The van der Waals surface area contributed by atoms with Gasteiger partial charge in [-0.25, -0.2) is 0 Å². The summed E-state index contributed by atoms with van der Waals surface area (Å²) in [6, 6.07) is 10.3. The maximum atomic E-state index is 5.95. The molecule has 1 heteroatoms. The first-order valence-electron chi connectivity index (χ1n) is 5.70. The first kappa shape index (κ1) is 12.7. The van der Waals surface area contributed by atoms with Gasteiger partial charge in [0, 0.05) is 6.61 Å². The Morgan fingerprint density at radius 2 is 1.69 bits per heavy atom. The SMILES string of the molecule is C=CCC(CC=C)(OCC)c1ccccc1. The Morgan fingerprint density at radius 3 is 2.12 bits per heavy atom. The van der Waals surface area contributed by atoms with Crippen molar-refractivity contribution < 1.29 is 4.74 Å². The number of hydrogen-bond donors (Lipinski definition) is 0. The van der Waals surface area contributed by atoms with E-state index < -0.39 is 0 Å². The second-order valence-corrected chi connectivity index (χ2v) is 3.78. The summed E-state index contributed by atoms with van der Waals surface area (Å²) in [6.45, 7) is 10.4. The molecule has 0 saturated carbocycles. The lowest BCUT2D eigenvalue weighted by Gasteiger charge is -2.32. The maximum absolute atomic E-state index is 5.95. The molecular formula is C15H20O. The first-order valence-corrected chi connectivity index (χ1v) is 5.70. The molecule has 0 spiro atoms. The Bertz CT molecular complexity index is 317. The third-order valence-electron chi connectivity index (χ3n) is 2.67. The molecule has 1 aromatic carbocycles. The van der Waals surface area contributed by atoms with Gasteiger partial charge in [-0.3, -0.25) is 0 Å². The standard InChI is InChI=1S/C15H20O/c1-4-12-15(13-5-2,16-6-3)14-10-8-7-9-11-14/h4-5,7-11H,1-2,6,12-13H2,3H3. The highest BCUT2D eigenvalue weighted by Crippen LogP contribution is 2.33. The molecule has 1 nitrogen and oxygen atoms in total. The molecule has 0 aliphatic heterocycles. The van der Waals surface area contributed by atoms with E-state index in [4.69, 9.17) is 4.74 Å². The first-order chi connectivity index (χ1) is 7.79. The lowest BCUT2D eigenvalue weighted by atomic mass is 9.87. The number of ether oxygens (including phenoxy) is 1. The predicted octanol–water partition coefficient (Wildman–Crippen LogP) is 4.07. The molecule has 0 saturated heterocycles. The molecule has 16 heavy (non-hydrogen) atoms. The van der Waals surface area contributed by atoms with Crippen molar-refractivity contribution in [2.45, 2.75) is 25.4 Å². The van der Waals surface area contributed by atoms with Crippen molar-refractivity contribution in [2.24, 2.45) is 0 Å². The van der Waals surface area contributed by atoms with E-state index in [2.05, 4.69) is 25.3 Å². The molecule has 0 aliphatic rings. The quantitative estimate of drug-likeness (QED) is 0.624. The van der Waals surface area contributed by atoms with Crippen molar-refractivity contribution in [1.29, 1.82) is 0 Å². The van der Waals surface area contributed by atoms with Gasteiger partial charge in [0.05, 0.1) is 5.60 Å². The van der Waals surface area contributed by atoms with Gasteiger partial charge in [0.15, 0.2) is 0 Å². The second kappa shape index (κ2) is 6.29. The molecule has 0 fully saturated rings. The lowest BCUT2D eigenvalue weighted by molar-refractivity contribution is -0.0400. The van der Waals surface area contributed by atoms with Crippen LogP contribution in [0.4, 0.5) is 0 Å². The predicted molar refractivity (Wildman–Crippen MR) is 69.4 cm³/mol. The van der Waals surface area contributed by atoms with Crippen LogP contribution in [0, 0.1) is 0 Å². The summed E-state index contributed by atoms with van der Waals surface area (Å²) in [5.74, 6) is 0. The molecular weight excluding hydrogens is 196 g/mol. The van der Waals surface area contributed by atoms with E-state index in [1.165, 1.54) is 5.56 Å². The number of rotatable bonds is 7. The second-order valence-electron chi connectivity index (χ2n) is 3.78. The summed E-state index contributed by atoms with van der Waals surface area (Å²) in [5.41, 5.74) is 0.899. The minimum absolute atomic E-state index is 0.292. The van der Waals surface area contributed by atoms with E-state index in [1.54, 1.807) is 0 Å². The zero-order valence-electron chi connectivity index (χ0n) is 9.99. The van der Waals surface area contributed by atoms with Gasteiger partial charge in [0.25, 0.3) is 0 Å². The summed E-state index contributed by atoms with van der Waals surface area (Å²) in [4.78, 5) is 0. The van der Waals surface area contributed by atoms with E-state index in [-0.39, 0.29) is 5.60 Å². The van der Waals surface area contributed by atoms with Crippen molar-refractivity contribution in [3.05, 3.63) is 61.2 Å². The number of benzene rings is 1. The number of hydrogen-bond acceptors (Lipinski definition) is 1. The third kappa shape index (κ3) is 2.83. The fourth-order valence-corrected chi connectivity index (χ4v) is 2.00. The van der Waals surface area contributed by atoms with Gasteiger partial charge < -0.3 is 4.74 Å². The zero-order valence-corrected chi connectivity index (χ0v) is 9.99. The molecule has 0 aromatic heterocycles. The highest BCUT2D eigenvalue weighted by atomic mass is 16.5. The monoisotopic (exact) mass is 216 g/mol. The Balaban J connectivity index is 3.08. The average molecular weight is 216 g/mol. The van der Waals surface area contributed by atoms with E-state index >= 15 is 0 Å². The van der Waals surface area contributed by atoms with E-state index in [1.807, 2.05) is 37.3 Å². The van der Waals surface area contributed by atoms with Gasteiger partial charge >= 0.3 is 0 Å². The van der Waals surface area contributed by atoms with E-state index in [0.29, 0.717) is 6.61 Å². The Hall–Kier alpha value is -1.34. The van der Waals surface area contributed by atoms with E-state index in [0.717, 1.165) is 12.8 Å². The van der Waals surface area contributed by atoms with Crippen LogP contribution in [0.15, 0.2) is 55.6 Å². The molecule has 0 amide bonds. The van der Waals surface area contributed by atoms with Crippen molar-refractivity contribution in [3.63, 3.8) is 0 Å². The molecule has 0 atom stereocenters. The molecule has 1 rings (SSSR count). The van der Waals surface area contributed by atoms with Gasteiger partial charge in [0.1, 0.15) is 0 Å². The molecule has 1 aromatic rings. The third-order valence-corrected chi connectivity index (χ3v) is 2.67. The van der Waals surface area contributed by atoms with Crippen LogP contribution < -0.4 is 0 Å². The average Bonchev–Trinajstić information content (AvgIpc) is 2.31. The van der Waals surface area contributed by atoms with Crippen LogP contribution in [0.1, 0.15) is 25.3 Å². The van der Waals surface area contributed by atoms with Crippen LogP contribution in [0.2, 0.25) is 0 Å². The molecule has 0 bridgehead atoms. The molecule has 86 valence electrons. The van der Waals surface area contributed by atoms with Crippen molar-refractivity contribution in [3.8, 4) is 0 Å². The van der Waals surface area contributed by atoms with Gasteiger partial charge in [0.2, 0.25) is 0 Å². The van der Waals surface area contributed by atoms with Crippen LogP contribution in [0.5, 0.6) is 0 Å². The van der Waals surface area contributed by atoms with E-state index in [9.17, 15) is 0 Å².